The van der Waals surface area contributed by atoms with Gasteiger partial charge in [0.2, 0.25) is 5.91 Å². The Bertz CT molecular complexity index is 869. The van der Waals surface area contributed by atoms with Gasteiger partial charge < -0.3 is 9.47 Å². The lowest BCUT2D eigenvalue weighted by molar-refractivity contribution is -0.384. The number of halogens is 1. The first-order valence-corrected chi connectivity index (χ1v) is 9.38. The van der Waals surface area contributed by atoms with E-state index in [4.69, 9.17) is 9.47 Å². The minimum absolute atomic E-state index is 0.0200. The number of hydrogen-bond acceptors (Lipinski definition) is 6. The highest BCUT2D eigenvalue weighted by atomic mass is 79.9. The number of amides is 1. The zero-order valence-electron chi connectivity index (χ0n) is 15.5. The van der Waals surface area contributed by atoms with Crippen molar-refractivity contribution in [1.29, 1.82) is 0 Å². The van der Waals surface area contributed by atoms with Crippen molar-refractivity contribution in [2.24, 2.45) is 5.10 Å². The second kappa shape index (κ2) is 10.4. The monoisotopic (exact) mass is 449 g/mol. The summed E-state index contributed by atoms with van der Waals surface area (Å²) in [6.45, 7) is 4.75. The van der Waals surface area contributed by atoms with E-state index < -0.39 is 4.92 Å². The molecular formula is C19H20BrN3O5. The van der Waals surface area contributed by atoms with Gasteiger partial charge in [0, 0.05) is 12.1 Å². The van der Waals surface area contributed by atoms with Gasteiger partial charge in [-0.05, 0) is 53.0 Å². The number of non-ortho nitro benzene ring substituents is 1. The molecule has 0 bridgehead atoms. The molecule has 0 aliphatic carbocycles. The van der Waals surface area contributed by atoms with Gasteiger partial charge in [0.15, 0.2) is 11.5 Å². The number of nitro benzene ring substituents is 1. The molecule has 8 nitrogen and oxygen atoms in total. The lowest BCUT2D eigenvalue weighted by Gasteiger charge is -2.13. The van der Waals surface area contributed by atoms with Crippen LogP contribution in [-0.4, -0.2) is 30.3 Å². The molecule has 0 fully saturated rings. The second-order valence-electron chi connectivity index (χ2n) is 5.59. The van der Waals surface area contributed by atoms with Gasteiger partial charge in [-0.2, -0.15) is 5.10 Å². The Balaban J connectivity index is 2.01. The third-order valence-corrected chi connectivity index (χ3v) is 4.12. The maximum Gasteiger partial charge on any atom is 0.269 e. The summed E-state index contributed by atoms with van der Waals surface area (Å²) in [6.07, 6.45) is 1.56. The molecule has 1 N–H and O–H groups in total. The van der Waals surface area contributed by atoms with Crippen LogP contribution in [0.2, 0.25) is 0 Å². The van der Waals surface area contributed by atoms with Gasteiger partial charge in [0.1, 0.15) is 0 Å². The van der Waals surface area contributed by atoms with Crippen LogP contribution in [0.5, 0.6) is 11.5 Å². The van der Waals surface area contributed by atoms with Gasteiger partial charge in [0.25, 0.3) is 5.69 Å². The van der Waals surface area contributed by atoms with E-state index in [2.05, 4.69) is 26.5 Å². The standard InChI is InChI=1S/C19H20BrN3O5/c1-3-27-17-10-14(9-16(20)19(17)28-4-2)12-21-22-18(24)11-13-5-7-15(8-6-13)23(25)26/h5-10,12H,3-4,11H2,1-2H3,(H,22,24)/b21-12-. The fourth-order valence-corrected chi connectivity index (χ4v) is 2.92. The third-order valence-electron chi connectivity index (χ3n) is 3.54. The molecule has 0 atom stereocenters. The predicted octanol–water partition coefficient (Wildman–Crippen LogP) is 3.85. The molecule has 0 aliphatic heterocycles. The Hall–Kier alpha value is -2.94. The Kier molecular flexibility index (Phi) is 7.94. The molecule has 0 heterocycles. The van der Waals surface area contributed by atoms with Crippen molar-refractivity contribution in [3.05, 3.63) is 62.1 Å². The highest BCUT2D eigenvalue weighted by Crippen LogP contribution is 2.36. The summed E-state index contributed by atoms with van der Waals surface area (Å²) in [7, 11) is 0. The zero-order chi connectivity index (χ0) is 20.5. The molecule has 28 heavy (non-hydrogen) atoms. The van der Waals surface area contributed by atoms with Gasteiger partial charge in [-0.15, -0.1) is 0 Å². The van der Waals surface area contributed by atoms with Gasteiger partial charge >= 0.3 is 0 Å². The largest absolute Gasteiger partial charge is 0.490 e. The minimum atomic E-state index is -0.486. The van der Waals surface area contributed by atoms with Crippen molar-refractivity contribution in [3.8, 4) is 11.5 Å². The van der Waals surface area contributed by atoms with E-state index in [1.807, 2.05) is 13.8 Å². The summed E-state index contributed by atoms with van der Waals surface area (Å²) in [5.41, 5.74) is 3.79. The Morgan fingerprint density at radius 2 is 1.89 bits per heavy atom. The minimum Gasteiger partial charge on any atom is -0.490 e. The number of nitrogens with one attached hydrogen (secondary N) is 1. The highest BCUT2D eigenvalue weighted by Gasteiger charge is 2.11. The molecule has 2 aromatic rings. The van der Waals surface area contributed by atoms with E-state index in [1.165, 1.54) is 18.3 Å². The smallest absolute Gasteiger partial charge is 0.269 e. The van der Waals surface area contributed by atoms with Crippen LogP contribution in [0.4, 0.5) is 5.69 Å². The van der Waals surface area contributed by atoms with E-state index in [0.29, 0.717) is 30.3 Å². The van der Waals surface area contributed by atoms with E-state index in [0.717, 1.165) is 10.0 Å². The lowest BCUT2D eigenvalue weighted by Crippen LogP contribution is -2.19. The Morgan fingerprint density at radius 3 is 2.50 bits per heavy atom. The lowest BCUT2D eigenvalue weighted by atomic mass is 10.1. The molecule has 0 unspecified atom stereocenters. The Labute approximate surface area is 170 Å². The summed E-state index contributed by atoms with van der Waals surface area (Å²) in [5.74, 6) is 0.862. The summed E-state index contributed by atoms with van der Waals surface area (Å²) in [4.78, 5) is 22.1. The van der Waals surface area contributed by atoms with Gasteiger partial charge in [-0.3, -0.25) is 14.9 Å². The van der Waals surface area contributed by atoms with Crippen LogP contribution >= 0.6 is 15.9 Å². The van der Waals surface area contributed by atoms with E-state index in [1.54, 1.807) is 24.3 Å². The molecule has 9 heteroatoms. The molecule has 0 aliphatic rings. The first-order chi connectivity index (χ1) is 13.4. The van der Waals surface area contributed by atoms with Crippen LogP contribution in [0, 0.1) is 10.1 Å². The molecular weight excluding hydrogens is 430 g/mol. The molecule has 1 amide bonds. The molecule has 0 saturated carbocycles. The van der Waals surface area contributed by atoms with Crippen molar-refractivity contribution in [2.75, 3.05) is 13.2 Å². The second-order valence-corrected chi connectivity index (χ2v) is 6.44. The number of benzene rings is 2. The summed E-state index contributed by atoms with van der Waals surface area (Å²) in [6, 6.07) is 9.38. The number of nitro groups is 1. The van der Waals surface area contributed by atoms with Crippen molar-refractivity contribution >= 4 is 33.7 Å². The molecule has 0 spiro atoms. The maximum atomic E-state index is 12.0. The number of ether oxygens (including phenoxy) is 2. The number of nitrogens with zero attached hydrogens (tertiary/aromatic N) is 2. The SMILES string of the molecule is CCOc1cc(/C=N\NC(=O)Cc2ccc([N+](=O)[O-])cc2)cc(Br)c1OCC. The predicted molar refractivity (Wildman–Crippen MR) is 109 cm³/mol. The first-order valence-electron chi connectivity index (χ1n) is 8.59. The summed E-state index contributed by atoms with van der Waals surface area (Å²) < 4.78 is 11.9. The van der Waals surface area contributed by atoms with E-state index >= 15 is 0 Å². The molecule has 0 radical (unpaired) electrons. The molecule has 0 aromatic heterocycles. The number of rotatable bonds is 9. The maximum absolute atomic E-state index is 12.0. The average Bonchev–Trinajstić information content (AvgIpc) is 2.65. The highest BCUT2D eigenvalue weighted by molar-refractivity contribution is 9.10. The number of hydrogen-bond donors (Lipinski definition) is 1. The van der Waals surface area contributed by atoms with E-state index in [-0.39, 0.29) is 18.0 Å². The van der Waals surface area contributed by atoms with E-state index in [9.17, 15) is 14.9 Å². The summed E-state index contributed by atoms with van der Waals surface area (Å²) in [5, 5.41) is 14.6. The number of carbonyl (C=O) groups is 1. The van der Waals surface area contributed by atoms with Gasteiger partial charge in [0.05, 0.1) is 35.2 Å². The van der Waals surface area contributed by atoms with Crippen LogP contribution in [0.15, 0.2) is 46.0 Å². The normalized spacial score (nSPS) is 10.7. The number of hydrazone groups is 1. The van der Waals surface area contributed by atoms with Crippen LogP contribution < -0.4 is 14.9 Å². The Morgan fingerprint density at radius 1 is 1.21 bits per heavy atom. The first kappa shape index (κ1) is 21.4. The number of carbonyl (C=O) groups excluding carboxylic acids is 1. The van der Waals surface area contributed by atoms with Crippen LogP contribution in [0.1, 0.15) is 25.0 Å². The van der Waals surface area contributed by atoms with Crippen LogP contribution in [0.3, 0.4) is 0 Å². The molecule has 2 aromatic carbocycles. The molecule has 148 valence electrons. The third kappa shape index (κ3) is 6.05. The molecule has 2 rings (SSSR count). The zero-order valence-corrected chi connectivity index (χ0v) is 17.1. The van der Waals surface area contributed by atoms with Crippen molar-refractivity contribution in [3.63, 3.8) is 0 Å². The topological polar surface area (TPSA) is 103 Å². The quantitative estimate of drug-likeness (QED) is 0.355. The van der Waals surface area contributed by atoms with Crippen LogP contribution in [-0.2, 0) is 11.2 Å². The van der Waals surface area contributed by atoms with Crippen LogP contribution in [0.25, 0.3) is 0 Å². The van der Waals surface area contributed by atoms with Crippen molar-refractivity contribution < 1.29 is 19.2 Å². The van der Waals surface area contributed by atoms with Gasteiger partial charge in [-0.1, -0.05) is 12.1 Å². The van der Waals surface area contributed by atoms with Crippen molar-refractivity contribution in [1.82, 2.24) is 5.43 Å². The van der Waals surface area contributed by atoms with Crippen molar-refractivity contribution in [2.45, 2.75) is 20.3 Å². The summed E-state index contributed by atoms with van der Waals surface area (Å²) >= 11 is 3.45. The molecule has 0 saturated heterocycles. The van der Waals surface area contributed by atoms with Gasteiger partial charge in [-0.25, -0.2) is 5.43 Å². The average molecular weight is 450 g/mol. The fourth-order valence-electron chi connectivity index (χ4n) is 2.35. The fraction of sp³-hybridized carbons (Fsp3) is 0.263.